The van der Waals surface area contributed by atoms with E-state index in [4.69, 9.17) is 4.74 Å². The smallest absolute Gasteiger partial charge is 0.222 e. The van der Waals surface area contributed by atoms with Crippen LogP contribution in [0.4, 0.5) is 0 Å². The lowest BCUT2D eigenvalue weighted by Gasteiger charge is -2.13. The molecule has 2 aromatic carbocycles. The predicted molar refractivity (Wildman–Crippen MR) is 111 cm³/mol. The van der Waals surface area contributed by atoms with Crippen molar-refractivity contribution >= 4 is 17.6 Å². The molecule has 0 bridgehead atoms. The molecule has 6 nitrogen and oxygen atoms in total. The Bertz CT molecular complexity index is 936. The van der Waals surface area contributed by atoms with Gasteiger partial charge in [-0.25, -0.2) is 0 Å². The molecule has 0 saturated carbocycles. The van der Waals surface area contributed by atoms with Crippen molar-refractivity contribution in [2.24, 2.45) is 0 Å². The number of nitrogens with one attached hydrogen (secondary N) is 1. The standard InChI is InChI=1S/C23H26N2O4/c1-15(26)19-6-4-5-7-20(19)16-8-9-21-17(12-16)13-18(29-21)14-24-22(27)10-11-23(28)25(2)3/h4-9,12,18H,10-11,13-14H2,1-3H3,(H,24,27)/t18-/m0/s1. The third-order valence-electron chi connectivity index (χ3n) is 5.01. The molecule has 0 radical (unpaired) electrons. The normalized spacial score (nSPS) is 14.7. The fraction of sp³-hybridized carbons (Fsp3) is 0.348. The van der Waals surface area contributed by atoms with Gasteiger partial charge < -0.3 is 15.0 Å². The van der Waals surface area contributed by atoms with Gasteiger partial charge in [0.1, 0.15) is 11.9 Å². The summed E-state index contributed by atoms with van der Waals surface area (Å²) in [4.78, 5) is 36.9. The van der Waals surface area contributed by atoms with Crippen LogP contribution in [0.3, 0.4) is 0 Å². The fourth-order valence-corrected chi connectivity index (χ4v) is 3.40. The summed E-state index contributed by atoms with van der Waals surface area (Å²) < 4.78 is 5.93. The van der Waals surface area contributed by atoms with E-state index < -0.39 is 0 Å². The Labute approximate surface area is 170 Å². The number of carbonyl (C=O) groups excluding carboxylic acids is 3. The molecule has 0 unspecified atom stereocenters. The Morgan fingerprint density at radius 3 is 2.59 bits per heavy atom. The zero-order chi connectivity index (χ0) is 21.0. The number of rotatable bonds is 7. The first-order valence-corrected chi connectivity index (χ1v) is 9.72. The summed E-state index contributed by atoms with van der Waals surface area (Å²) in [6, 6.07) is 13.5. The summed E-state index contributed by atoms with van der Waals surface area (Å²) in [5.74, 6) is 0.612. The number of benzene rings is 2. The minimum Gasteiger partial charge on any atom is -0.488 e. The lowest BCUT2D eigenvalue weighted by Crippen LogP contribution is -2.35. The molecule has 1 N–H and O–H groups in total. The Morgan fingerprint density at radius 2 is 1.86 bits per heavy atom. The molecule has 3 rings (SSSR count). The van der Waals surface area contributed by atoms with Crippen molar-refractivity contribution in [1.82, 2.24) is 10.2 Å². The summed E-state index contributed by atoms with van der Waals surface area (Å²) >= 11 is 0. The second kappa shape index (κ2) is 8.90. The Balaban J connectivity index is 1.60. The number of carbonyl (C=O) groups is 3. The van der Waals surface area contributed by atoms with E-state index in [2.05, 4.69) is 11.4 Å². The van der Waals surface area contributed by atoms with Gasteiger partial charge in [-0.2, -0.15) is 0 Å². The quantitative estimate of drug-likeness (QED) is 0.733. The first-order chi connectivity index (χ1) is 13.8. The number of hydrogen-bond acceptors (Lipinski definition) is 4. The van der Waals surface area contributed by atoms with E-state index in [1.54, 1.807) is 21.0 Å². The monoisotopic (exact) mass is 394 g/mol. The highest BCUT2D eigenvalue weighted by Crippen LogP contribution is 2.34. The minimum absolute atomic E-state index is 0.0330. The molecule has 6 heteroatoms. The highest BCUT2D eigenvalue weighted by molar-refractivity contribution is 6.00. The van der Waals surface area contributed by atoms with E-state index in [0.717, 1.165) is 22.4 Å². The van der Waals surface area contributed by atoms with Crippen molar-refractivity contribution in [3.8, 4) is 16.9 Å². The molecule has 0 aliphatic carbocycles. The van der Waals surface area contributed by atoms with Crippen LogP contribution in [0.25, 0.3) is 11.1 Å². The average Bonchev–Trinajstić information content (AvgIpc) is 3.12. The first kappa shape index (κ1) is 20.6. The second-order valence-electron chi connectivity index (χ2n) is 7.46. The maximum atomic E-state index is 12.0. The van der Waals surface area contributed by atoms with Crippen LogP contribution in [-0.2, 0) is 16.0 Å². The van der Waals surface area contributed by atoms with Crippen LogP contribution < -0.4 is 10.1 Å². The van der Waals surface area contributed by atoms with Crippen molar-refractivity contribution in [2.45, 2.75) is 32.3 Å². The molecular formula is C23H26N2O4. The maximum absolute atomic E-state index is 12.0. The molecule has 1 atom stereocenters. The van der Waals surface area contributed by atoms with Gasteiger partial charge in [-0.05, 0) is 35.7 Å². The van der Waals surface area contributed by atoms with Gasteiger partial charge in [-0.1, -0.05) is 30.3 Å². The molecular weight excluding hydrogens is 368 g/mol. The molecule has 0 spiro atoms. The Morgan fingerprint density at radius 1 is 1.10 bits per heavy atom. The van der Waals surface area contributed by atoms with Crippen LogP contribution >= 0.6 is 0 Å². The van der Waals surface area contributed by atoms with Crippen LogP contribution in [0.5, 0.6) is 5.75 Å². The van der Waals surface area contributed by atoms with E-state index in [9.17, 15) is 14.4 Å². The van der Waals surface area contributed by atoms with Gasteiger partial charge in [0.15, 0.2) is 5.78 Å². The largest absolute Gasteiger partial charge is 0.488 e. The van der Waals surface area contributed by atoms with E-state index in [1.807, 2.05) is 36.4 Å². The number of nitrogens with zero attached hydrogens (tertiary/aromatic N) is 1. The number of fused-ring (bicyclic) bond motifs is 1. The molecule has 29 heavy (non-hydrogen) atoms. The van der Waals surface area contributed by atoms with E-state index in [0.29, 0.717) is 18.5 Å². The molecule has 152 valence electrons. The van der Waals surface area contributed by atoms with Crippen LogP contribution in [0.15, 0.2) is 42.5 Å². The fourth-order valence-electron chi connectivity index (χ4n) is 3.40. The zero-order valence-corrected chi connectivity index (χ0v) is 17.0. The molecule has 0 saturated heterocycles. The van der Waals surface area contributed by atoms with Gasteiger partial charge in [0.05, 0.1) is 6.54 Å². The van der Waals surface area contributed by atoms with E-state index in [-0.39, 0.29) is 36.5 Å². The molecule has 1 aliphatic heterocycles. The number of Topliss-reactive ketones (excluding diaryl/α,β-unsaturated/α-hetero) is 1. The van der Waals surface area contributed by atoms with Crippen LogP contribution in [0.1, 0.15) is 35.7 Å². The highest BCUT2D eigenvalue weighted by atomic mass is 16.5. The molecule has 2 aromatic rings. The Hall–Kier alpha value is -3.15. The SMILES string of the molecule is CC(=O)c1ccccc1-c1ccc2c(c1)C[C@@H](CNC(=O)CCC(=O)N(C)C)O2. The maximum Gasteiger partial charge on any atom is 0.222 e. The van der Waals surface area contributed by atoms with Gasteiger partial charge in [0.2, 0.25) is 11.8 Å². The molecule has 0 fully saturated rings. The van der Waals surface area contributed by atoms with Gasteiger partial charge in [0, 0.05) is 38.9 Å². The number of hydrogen-bond donors (Lipinski definition) is 1. The van der Waals surface area contributed by atoms with E-state index >= 15 is 0 Å². The van der Waals surface area contributed by atoms with Crippen molar-refractivity contribution in [3.05, 3.63) is 53.6 Å². The highest BCUT2D eigenvalue weighted by Gasteiger charge is 2.24. The van der Waals surface area contributed by atoms with Crippen molar-refractivity contribution in [1.29, 1.82) is 0 Å². The second-order valence-corrected chi connectivity index (χ2v) is 7.46. The molecule has 1 aliphatic rings. The topological polar surface area (TPSA) is 75.7 Å². The number of amides is 2. The van der Waals surface area contributed by atoms with Crippen molar-refractivity contribution in [3.63, 3.8) is 0 Å². The summed E-state index contributed by atoms with van der Waals surface area (Å²) in [6.07, 6.45) is 0.908. The molecule has 0 aromatic heterocycles. The summed E-state index contributed by atoms with van der Waals surface area (Å²) in [5, 5.41) is 2.84. The third kappa shape index (κ3) is 5.02. The van der Waals surface area contributed by atoms with Crippen LogP contribution in [-0.4, -0.2) is 49.2 Å². The molecule has 1 heterocycles. The lowest BCUT2D eigenvalue weighted by atomic mass is 9.95. The van der Waals surface area contributed by atoms with E-state index in [1.165, 1.54) is 4.90 Å². The first-order valence-electron chi connectivity index (χ1n) is 9.72. The third-order valence-corrected chi connectivity index (χ3v) is 5.01. The number of ether oxygens (including phenoxy) is 1. The zero-order valence-electron chi connectivity index (χ0n) is 17.0. The summed E-state index contributed by atoms with van der Waals surface area (Å²) in [6.45, 7) is 1.96. The summed E-state index contributed by atoms with van der Waals surface area (Å²) in [5.41, 5.74) is 3.64. The average molecular weight is 394 g/mol. The Kier molecular flexibility index (Phi) is 6.32. The van der Waals surface area contributed by atoms with Gasteiger partial charge in [-0.15, -0.1) is 0 Å². The number of ketones is 1. The van der Waals surface area contributed by atoms with Gasteiger partial charge in [0.25, 0.3) is 0 Å². The summed E-state index contributed by atoms with van der Waals surface area (Å²) in [7, 11) is 3.35. The van der Waals surface area contributed by atoms with Crippen LogP contribution in [0, 0.1) is 0 Å². The van der Waals surface area contributed by atoms with Crippen LogP contribution in [0.2, 0.25) is 0 Å². The van der Waals surface area contributed by atoms with Crippen molar-refractivity contribution < 1.29 is 19.1 Å². The minimum atomic E-state index is -0.157. The lowest BCUT2D eigenvalue weighted by molar-refractivity contribution is -0.131. The molecule has 2 amide bonds. The van der Waals surface area contributed by atoms with Gasteiger partial charge in [-0.3, -0.25) is 14.4 Å². The van der Waals surface area contributed by atoms with Crippen molar-refractivity contribution in [2.75, 3.05) is 20.6 Å². The van der Waals surface area contributed by atoms with Gasteiger partial charge >= 0.3 is 0 Å². The predicted octanol–water partition coefficient (Wildman–Crippen LogP) is 2.84.